The number of amides is 1. The monoisotopic (exact) mass is 278 g/mol. The molecule has 0 aliphatic heterocycles. The summed E-state index contributed by atoms with van der Waals surface area (Å²) in [4.78, 5) is 36.5. The number of carbonyl (C=O) groups is 2. The highest BCUT2D eigenvalue weighted by atomic mass is 32.1. The van der Waals surface area contributed by atoms with E-state index in [-0.39, 0.29) is 16.3 Å². The molecule has 0 fully saturated rings. The Morgan fingerprint density at radius 1 is 1.37 bits per heavy atom. The number of hydrogen-bond donors (Lipinski definition) is 3. The lowest BCUT2D eigenvalue weighted by atomic mass is 10.2. The van der Waals surface area contributed by atoms with E-state index in [1.807, 2.05) is 0 Å². The van der Waals surface area contributed by atoms with Crippen LogP contribution in [0.25, 0.3) is 0 Å². The van der Waals surface area contributed by atoms with Crippen molar-refractivity contribution in [1.82, 2.24) is 4.98 Å². The number of carboxylic acid groups (broad SMARTS) is 1. The maximum absolute atomic E-state index is 11.9. The predicted molar refractivity (Wildman–Crippen MR) is 71.0 cm³/mol. The predicted octanol–water partition coefficient (Wildman–Crippen LogP) is 1.70. The summed E-state index contributed by atoms with van der Waals surface area (Å²) in [5.41, 5.74) is 0.601. The summed E-state index contributed by atoms with van der Waals surface area (Å²) >= 11 is 1.04. The maximum atomic E-state index is 11.9. The van der Waals surface area contributed by atoms with Crippen LogP contribution in [0.4, 0.5) is 5.69 Å². The van der Waals surface area contributed by atoms with Crippen LogP contribution in [0.3, 0.4) is 0 Å². The van der Waals surface area contributed by atoms with E-state index in [2.05, 4.69) is 10.3 Å². The lowest BCUT2D eigenvalue weighted by Crippen LogP contribution is -2.19. The van der Waals surface area contributed by atoms with Gasteiger partial charge < -0.3 is 15.4 Å². The Morgan fingerprint density at radius 2 is 2.11 bits per heavy atom. The largest absolute Gasteiger partial charge is 0.477 e. The molecule has 7 heteroatoms. The van der Waals surface area contributed by atoms with Gasteiger partial charge >= 0.3 is 5.97 Å². The fourth-order valence-electron chi connectivity index (χ4n) is 1.52. The molecule has 0 unspecified atom stereocenters. The van der Waals surface area contributed by atoms with Crippen LogP contribution in [-0.4, -0.2) is 22.0 Å². The second-order valence-corrected chi connectivity index (χ2v) is 4.69. The quantitative estimate of drug-likeness (QED) is 0.795. The highest BCUT2D eigenvalue weighted by molar-refractivity contribution is 7.12. The molecule has 3 N–H and O–H groups in total. The van der Waals surface area contributed by atoms with Crippen molar-refractivity contribution in [3.63, 3.8) is 0 Å². The molecule has 0 aliphatic rings. The summed E-state index contributed by atoms with van der Waals surface area (Å²) in [6, 6.07) is 4.18. The van der Waals surface area contributed by atoms with Gasteiger partial charge in [-0.05, 0) is 23.9 Å². The molecule has 0 atom stereocenters. The molecule has 2 aromatic rings. The van der Waals surface area contributed by atoms with Gasteiger partial charge in [-0.1, -0.05) is 6.07 Å². The Hall–Kier alpha value is -2.41. The first kappa shape index (κ1) is 13.0. The first-order valence-electron chi connectivity index (χ1n) is 5.31. The molecular formula is C12H10N2O4S. The average molecular weight is 278 g/mol. The minimum atomic E-state index is -1.10. The molecule has 0 aromatic carbocycles. The van der Waals surface area contributed by atoms with Gasteiger partial charge in [-0.15, -0.1) is 11.3 Å². The van der Waals surface area contributed by atoms with E-state index >= 15 is 0 Å². The zero-order valence-corrected chi connectivity index (χ0v) is 10.7. The Bertz CT molecular complexity index is 702. The van der Waals surface area contributed by atoms with Crippen LogP contribution in [0.1, 0.15) is 25.7 Å². The van der Waals surface area contributed by atoms with Crippen molar-refractivity contribution in [1.29, 1.82) is 0 Å². The van der Waals surface area contributed by atoms with Crippen molar-refractivity contribution < 1.29 is 14.7 Å². The number of pyridine rings is 1. The SMILES string of the molecule is Cc1csc(C(=O)O)c1NC(=O)c1cccc(=O)[nH]1. The molecule has 2 aromatic heterocycles. The smallest absolute Gasteiger partial charge is 0.348 e. The molecule has 19 heavy (non-hydrogen) atoms. The van der Waals surface area contributed by atoms with Crippen LogP contribution in [0.5, 0.6) is 0 Å². The highest BCUT2D eigenvalue weighted by Crippen LogP contribution is 2.27. The minimum absolute atomic E-state index is 0.0594. The van der Waals surface area contributed by atoms with Gasteiger partial charge in [0.15, 0.2) is 0 Å². The van der Waals surface area contributed by atoms with E-state index in [4.69, 9.17) is 5.11 Å². The van der Waals surface area contributed by atoms with Crippen molar-refractivity contribution >= 4 is 28.9 Å². The molecule has 98 valence electrons. The summed E-state index contributed by atoms with van der Waals surface area (Å²) < 4.78 is 0. The van der Waals surface area contributed by atoms with Crippen LogP contribution >= 0.6 is 11.3 Å². The van der Waals surface area contributed by atoms with Crippen molar-refractivity contribution in [3.05, 3.63) is 50.1 Å². The Balaban J connectivity index is 2.31. The van der Waals surface area contributed by atoms with Gasteiger partial charge in [-0.3, -0.25) is 9.59 Å². The molecule has 1 amide bonds. The van der Waals surface area contributed by atoms with E-state index in [9.17, 15) is 14.4 Å². The van der Waals surface area contributed by atoms with E-state index < -0.39 is 17.4 Å². The van der Waals surface area contributed by atoms with Crippen molar-refractivity contribution in [2.24, 2.45) is 0 Å². The molecule has 0 saturated heterocycles. The minimum Gasteiger partial charge on any atom is -0.477 e. The van der Waals surface area contributed by atoms with Crippen LogP contribution in [0.2, 0.25) is 0 Å². The highest BCUT2D eigenvalue weighted by Gasteiger charge is 2.18. The van der Waals surface area contributed by atoms with Gasteiger partial charge in [0.1, 0.15) is 10.6 Å². The zero-order chi connectivity index (χ0) is 14.0. The van der Waals surface area contributed by atoms with E-state index in [0.717, 1.165) is 11.3 Å². The number of H-pyrrole nitrogens is 1. The summed E-state index contributed by atoms with van der Waals surface area (Å²) in [6.45, 7) is 1.70. The number of aryl methyl sites for hydroxylation is 1. The van der Waals surface area contributed by atoms with Gasteiger partial charge in [0.2, 0.25) is 5.56 Å². The topological polar surface area (TPSA) is 99.3 Å². The second-order valence-electron chi connectivity index (χ2n) is 3.81. The number of aromatic carboxylic acids is 1. The molecule has 2 heterocycles. The van der Waals surface area contributed by atoms with E-state index in [1.165, 1.54) is 18.2 Å². The molecule has 0 aliphatic carbocycles. The van der Waals surface area contributed by atoms with Crippen molar-refractivity contribution in [2.45, 2.75) is 6.92 Å². The van der Waals surface area contributed by atoms with E-state index in [0.29, 0.717) is 5.56 Å². The average Bonchev–Trinajstić information content (AvgIpc) is 2.71. The zero-order valence-electron chi connectivity index (χ0n) is 9.89. The number of aromatic nitrogens is 1. The molecule has 0 radical (unpaired) electrons. The number of thiophene rings is 1. The number of carbonyl (C=O) groups excluding carboxylic acids is 1. The lowest BCUT2D eigenvalue weighted by molar-refractivity contribution is 0.0703. The Labute approximate surface area is 111 Å². The molecular weight excluding hydrogens is 268 g/mol. The van der Waals surface area contributed by atoms with Crippen molar-refractivity contribution in [3.8, 4) is 0 Å². The molecule has 0 bridgehead atoms. The maximum Gasteiger partial charge on any atom is 0.348 e. The number of carboxylic acids is 1. The van der Waals surface area contributed by atoms with Crippen LogP contribution in [-0.2, 0) is 0 Å². The van der Waals surface area contributed by atoms with Gasteiger partial charge in [-0.2, -0.15) is 0 Å². The van der Waals surface area contributed by atoms with E-state index in [1.54, 1.807) is 12.3 Å². The number of aromatic amines is 1. The number of rotatable bonds is 3. The fourth-order valence-corrected chi connectivity index (χ4v) is 2.36. The van der Waals surface area contributed by atoms with Crippen LogP contribution in [0.15, 0.2) is 28.4 Å². The molecule has 0 spiro atoms. The molecule has 6 nitrogen and oxygen atoms in total. The Morgan fingerprint density at radius 3 is 2.74 bits per heavy atom. The second kappa shape index (κ2) is 5.07. The third-order valence-electron chi connectivity index (χ3n) is 2.42. The summed E-state index contributed by atoms with van der Waals surface area (Å²) in [5.74, 6) is -1.66. The summed E-state index contributed by atoms with van der Waals surface area (Å²) in [5, 5.41) is 13.2. The summed E-state index contributed by atoms with van der Waals surface area (Å²) in [6.07, 6.45) is 0. The van der Waals surface area contributed by atoms with Crippen molar-refractivity contribution in [2.75, 3.05) is 5.32 Å². The standard InChI is InChI=1S/C12H10N2O4S/c1-6-5-19-10(12(17)18)9(6)14-11(16)7-3-2-4-8(15)13-7/h2-5H,1H3,(H,13,15)(H,14,16)(H,17,18). The third-order valence-corrected chi connectivity index (χ3v) is 3.51. The van der Waals surface area contributed by atoms with Gasteiger partial charge in [0, 0.05) is 6.07 Å². The Kier molecular flexibility index (Phi) is 3.48. The number of nitrogens with one attached hydrogen (secondary N) is 2. The fraction of sp³-hybridized carbons (Fsp3) is 0.0833. The number of anilines is 1. The van der Waals surface area contributed by atoms with Gasteiger partial charge in [0.05, 0.1) is 5.69 Å². The normalized spacial score (nSPS) is 10.2. The first-order valence-corrected chi connectivity index (χ1v) is 6.19. The number of hydrogen-bond acceptors (Lipinski definition) is 4. The lowest BCUT2D eigenvalue weighted by Gasteiger charge is -2.05. The van der Waals surface area contributed by atoms with Gasteiger partial charge in [0.25, 0.3) is 5.91 Å². The third kappa shape index (κ3) is 2.71. The van der Waals surface area contributed by atoms with Crippen LogP contribution in [0, 0.1) is 6.92 Å². The first-order chi connectivity index (χ1) is 8.99. The summed E-state index contributed by atoms with van der Waals surface area (Å²) in [7, 11) is 0. The van der Waals surface area contributed by atoms with Crippen LogP contribution < -0.4 is 10.9 Å². The molecule has 0 saturated carbocycles. The molecule has 2 rings (SSSR count). The van der Waals surface area contributed by atoms with Gasteiger partial charge in [-0.25, -0.2) is 4.79 Å².